The molecular formula is C15H16BrN3O2. The van der Waals surface area contributed by atoms with Gasteiger partial charge in [0.1, 0.15) is 0 Å². The zero-order valence-electron chi connectivity index (χ0n) is 11.9. The van der Waals surface area contributed by atoms with E-state index in [0.717, 1.165) is 4.47 Å². The first kappa shape index (κ1) is 14.4. The van der Waals surface area contributed by atoms with Crippen LogP contribution < -0.4 is 10.1 Å². The Hall–Kier alpha value is -1.58. The van der Waals surface area contributed by atoms with Crippen molar-refractivity contribution in [3.8, 4) is 5.75 Å². The number of likely N-dealkylation sites (tertiary alicyclic amines) is 1. The van der Waals surface area contributed by atoms with Crippen LogP contribution in [0.15, 0.2) is 22.7 Å². The Bertz CT molecular complexity index is 640. The maximum atomic E-state index is 12.5. The van der Waals surface area contributed by atoms with Gasteiger partial charge in [0, 0.05) is 6.04 Å². The second-order valence-corrected chi connectivity index (χ2v) is 6.60. The number of hydrogen-bond acceptors (Lipinski definition) is 3. The minimum Gasteiger partial charge on any atom is -0.472 e. The molecule has 2 heterocycles. The van der Waals surface area contributed by atoms with Crippen molar-refractivity contribution in [1.29, 1.82) is 0 Å². The lowest BCUT2D eigenvalue weighted by Crippen LogP contribution is -2.53. The van der Waals surface area contributed by atoms with Crippen molar-refractivity contribution in [2.75, 3.05) is 11.9 Å². The van der Waals surface area contributed by atoms with E-state index >= 15 is 0 Å². The van der Waals surface area contributed by atoms with Crippen molar-refractivity contribution in [3.05, 3.63) is 34.1 Å². The number of fused-ring (bicyclic) bond motifs is 1. The summed E-state index contributed by atoms with van der Waals surface area (Å²) in [6.45, 7) is 11.9. The average Bonchev–Trinajstić information content (AvgIpc) is 2.82. The van der Waals surface area contributed by atoms with Crippen LogP contribution in [0.25, 0.3) is 4.85 Å². The van der Waals surface area contributed by atoms with E-state index in [-0.39, 0.29) is 18.1 Å². The van der Waals surface area contributed by atoms with E-state index in [1.165, 1.54) is 0 Å². The molecule has 0 bridgehead atoms. The highest BCUT2D eigenvalue weighted by atomic mass is 79.9. The molecular weight excluding hydrogens is 334 g/mol. The third kappa shape index (κ3) is 2.21. The second-order valence-electron chi connectivity index (χ2n) is 5.75. The van der Waals surface area contributed by atoms with E-state index in [4.69, 9.17) is 11.3 Å². The van der Waals surface area contributed by atoms with Gasteiger partial charge in [0.05, 0.1) is 23.1 Å². The number of carbonyl (C=O) groups is 1. The largest absolute Gasteiger partial charge is 0.472 e. The minimum atomic E-state index is -0.976. The Morgan fingerprint density at radius 3 is 2.95 bits per heavy atom. The van der Waals surface area contributed by atoms with Gasteiger partial charge in [-0.2, -0.15) is 0 Å². The number of para-hydroxylation sites is 1. The Kier molecular flexibility index (Phi) is 3.42. The molecule has 1 spiro atoms. The maximum absolute atomic E-state index is 12.5. The summed E-state index contributed by atoms with van der Waals surface area (Å²) in [5.41, 5.74) is -0.307. The Morgan fingerprint density at radius 1 is 1.57 bits per heavy atom. The van der Waals surface area contributed by atoms with Crippen LogP contribution in [0.5, 0.6) is 5.75 Å². The average molecular weight is 350 g/mol. The summed E-state index contributed by atoms with van der Waals surface area (Å²) in [7, 11) is 0. The lowest BCUT2D eigenvalue weighted by Gasteiger charge is -2.34. The summed E-state index contributed by atoms with van der Waals surface area (Å²) >= 11 is 3.46. The fourth-order valence-electron chi connectivity index (χ4n) is 2.95. The number of rotatable bonds is 1. The number of nitrogens with zero attached hydrogens (tertiary/aromatic N) is 2. The van der Waals surface area contributed by atoms with E-state index in [2.05, 4.69) is 26.1 Å². The van der Waals surface area contributed by atoms with Gasteiger partial charge in [0.15, 0.2) is 5.75 Å². The number of halogens is 1. The maximum Gasteiger partial charge on any atom is 0.284 e. The zero-order valence-corrected chi connectivity index (χ0v) is 13.5. The number of hydrogen-bond donors (Lipinski definition) is 1. The topological polar surface area (TPSA) is 45.9 Å². The van der Waals surface area contributed by atoms with Gasteiger partial charge in [-0.05, 0) is 41.9 Å². The van der Waals surface area contributed by atoms with Gasteiger partial charge in [-0.15, -0.1) is 0 Å². The molecule has 1 N–H and O–H groups in total. The molecule has 2 aliphatic rings. The van der Waals surface area contributed by atoms with Gasteiger partial charge in [0.2, 0.25) is 5.60 Å². The molecule has 1 aromatic carbocycles. The molecule has 5 nitrogen and oxygen atoms in total. The standard InChI is InChI=1S/C15H16BrN3O2/c1-9(2)19-8-15(7-12(19)17-3)14(20)18-11-6-4-5-10(16)13(11)21-15/h4-6,9,12H,7-8H2,1-2H3,(H,18,20)/t12-,15+/m0/s1. The van der Waals surface area contributed by atoms with E-state index in [0.29, 0.717) is 24.4 Å². The molecule has 3 rings (SSSR count). The van der Waals surface area contributed by atoms with Gasteiger partial charge in [0.25, 0.3) is 12.1 Å². The number of benzene rings is 1. The van der Waals surface area contributed by atoms with Gasteiger partial charge >= 0.3 is 0 Å². The van der Waals surface area contributed by atoms with Crippen LogP contribution in [-0.4, -0.2) is 35.2 Å². The highest BCUT2D eigenvalue weighted by molar-refractivity contribution is 9.10. The van der Waals surface area contributed by atoms with Crippen LogP contribution in [0.4, 0.5) is 5.69 Å². The summed E-state index contributed by atoms with van der Waals surface area (Å²) < 4.78 is 6.90. The highest BCUT2D eigenvalue weighted by Gasteiger charge is 2.57. The molecule has 1 fully saturated rings. The van der Waals surface area contributed by atoms with Crippen LogP contribution in [0.3, 0.4) is 0 Å². The first-order valence-corrected chi connectivity index (χ1v) is 7.67. The number of nitrogens with one attached hydrogen (secondary N) is 1. The summed E-state index contributed by atoms with van der Waals surface area (Å²) in [5.74, 6) is 0.483. The van der Waals surface area contributed by atoms with Crippen LogP contribution >= 0.6 is 15.9 Å². The molecule has 110 valence electrons. The van der Waals surface area contributed by atoms with E-state index in [1.807, 2.05) is 36.9 Å². The molecule has 0 aliphatic carbocycles. The van der Waals surface area contributed by atoms with Crippen molar-refractivity contribution >= 4 is 27.5 Å². The fraction of sp³-hybridized carbons (Fsp3) is 0.467. The second kappa shape index (κ2) is 5.00. The molecule has 1 saturated heterocycles. The number of amides is 1. The highest BCUT2D eigenvalue weighted by Crippen LogP contribution is 2.44. The molecule has 0 unspecified atom stereocenters. The molecule has 21 heavy (non-hydrogen) atoms. The van der Waals surface area contributed by atoms with Gasteiger partial charge in [-0.3, -0.25) is 9.64 Å². The van der Waals surface area contributed by atoms with Gasteiger partial charge in [-0.25, -0.2) is 11.5 Å². The third-order valence-electron chi connectivity index (χ3n) is 4.07. The number of anilines is 1. The van der Waals surface area contributed by atoms with Crippen molar-refractivity contribution in [2.24, 2.45) is 0 Å². The monoisotopic (exact) mass is 349 g/mol. The summed E-state index contributed by atoms with van der Waals surface area (Å²) in [6, 6.07) is 5.74. The Balaban J connectivity index is 1.99. The van der Waals surface area contributed by atoms with Gasteiger partial charge < -0.3 is 10.1 Å². The molecule has 0 radical (unpaired) electrons. The van der Waals surface area contributed by atoms with E-state index in [9.17, 15) is 4.79 Å². The van der Waals surface area contributed by atoms with Crippen LogP contribution in [0, 0.1) is 6.57 Å². The smallest absolute Gasteiger partial charge is 0.284 e. The first-order chi connectivity index (χ1) is 9.97. The van der Waals surface area contributed by atoms with Crippen molar-refractivity contribution in [1.82, 2.24) is 4.90 Å². The lowest BCUT2D eigenvalue weighted by atomic mass is 9.98. The Labute approximate surface area is 132 Å². The van der Waals surface area contributed by atoms with Crippen molar-refractivity contribution in [2.45, 2.75) is 38.1 Å². The third-order valence-corrected chi connectivity index (χ3v) is 4.70. The van der Waals surface area contributed by atoms with Crippen molar-refractivity contribution < 1.29 is 9.53 Å². The zero-order chi connectivity index (χ0) is 15.2. The molecule has 1 amide bonds. The predicted molar refractivity (Wildman–Crippen MR) is 83.0 cm³/mol. The number of ether oxygens (including phenoxy) is 1. The normalized spacial score (nSPS) is 28.1. The molecule has 2 aliphatic heterocycles. The van der Waals surface area contributed by atoms with E-state index in [1.54, 1.807) is 0 Å². The fourth-order valence-corrected chi connectivity index (χ4v) is 3.40. The van der Waals surface area contributed by atoms with Gasteiger partial charge in [-0.1, -0.05) is 6.07 Å². The van der Waals surface area contributed by atoms with Crippen molar-refractivity contribution in [3.63, 3.8) is 0 Å². The van der Waals surface area contributed by atoms with Crippen LogP contribution in [0.1, 0.15) is 20.3 Å². The summed E-state index contributed by atoms with van der Waals surface area (Å²) in [5, 5.41) is 2.91. The SMILES string of the molecule is [C-]#[N+][C@@H]1C[C@]2(CN1C(C)C)Oc1c(Br)cccc1NC2=O. The van der Waals surface area contributed by atoms with Crippen LogP contribution in [-0.2, 0) is 4.79 Å². The summed E-state index contributed by atoms with van der Waals surface area (Å²) in [4.78, 5) is 18.2. The van der Waals surface area contributed by atoms with E-state index < -0.39 is 5.60 Å². The first-order valence-electron chi connectivity index (χ1n) is 6.88. The molecule has 1 aromatic rings. The Morgan fingerprint density at radius 2 is 2.33 bits per heavy atom. The molecule has 6 heteroatoms. The van der Waals surface area contributed by atoms with Crippen LogP contribution in [0.2, 0.25) is 0 Å². The lowest BCUT2D eigenvalue weighted by molar-refractivity contribution is -0.131. The summed E-state index contributed by atoms with van der Waals surface area (Å²) in [6.07, 6.45) is 0.0705. The quantitative estimate of drug-likeness (QED) is 0.793. The minimum absolute atomic E-state index is 0.162. The molecule has 0 saturated carbocycles. The molecule has 2 atom stereocenters. The molecule has 0 aromatic heterocycles. The predicted octanol–water partition coefficient (Wildman–Crippen LogP) is 2.88. The number of carbonyl (C=O) groups excluding carboxylic acids is 1.